The Morgan fingerprint density at radius 1 is 0.905 bits per heavy atom. The minimum Gasteiger partial charge on any atom is -0.361 e. The molecule has 0 unspecified atom stereocenters. The first-order valence-electron chi connectivity index (χ1n) is 6.93. The first kappa shape index (κ1) is 13.2. The van der Waals surface area contributed by atoms with Gasteiger partial charge in [-0.1, -0.05) is 48.5 Å². The average Bonchev–Trinajstić information content (AvgIpc) is 2.95. The third-order valence-corrected chi connectivity index (χ3v) is 3.41. The topological polar surface area (TPSA) is 56.9 Å². The second-order valence-electron chi connectivity index (χ2n) is 4.88. The van der Waals surface area contributed by atoms with Crippen molar-refractivity contribution in [3.05, 3.63) is 71.9 Å². The molecular formula is C17H17N3O. The molecule has 3 rings (SSSR count). The van der Waals surface area contributed by atoms with Crippen LogP contribution in [0.5, 0.6) is 0 Å². The molecule has 0 saturated carbocycles. The number of benzene rings is 2. The molecule has 0 aliphatic heterocycles. The fourth-order valence-electron chi connectivity index (χ4n) is 2.29. The summed E-state index contributed by atoms with van der Waals surface area (Å²) in [5.41, 5.74) is 3.25. The molecule has 0 bridgehead atoms. The van der Waals surface area contributed by atoms with Gasteiger partial charge in [-0.05, 0) is 17.2 Å². The largest absolute Gasteiger partial charge is 0.361 e. The number of hydrogen-bond donors (Lipinski definition) is 3. The molecule has 3 aromatic rings. The molecule has 0 atom stereocenters. The predicted molar refractivity (Wildman–Crippen MR) is 83.8 cm³/mol. The summed E-state index contributed by atoms with van der Waals surface area (Å²) in [5, 5.41) is 6.87. The van der Waals surface area contributed by atoms with E-state index in [1.165, 1.54) is 0 Å². The summed E-state index contributed by atoms with van der Waals surface area (Å²) in [6.45, 7) is 1.03. The zero-order valence-electron chi connectivity index (χ0n) is 11.6. The number of rotatable bonds is 4. The third-order valence-electron chi connectivity index (χ3n) is 3.41. The molecule has 0 aliphatic carbocycles. The lowest BCUT2D eigenvalue weighted by Gasteiger charge is -2.07. The zero-order valence-corrected chi connectivity index (χ0v) is 11.6. The number of para-hydroxylation sites is 1. The van der Waals surface area contributed by atoms with Crippen LogP contribution in [-0.4, -0.2) is 11.0 Å². The Morgan fingerprint density at radius 3 is 2.48 bits per heavy atom. The first-order chi connectivity index (χ1) is 10.3. The Hall–Kier alpha value is -2.75. The van der Waals surface area contributed by atoms with Crippen LogP contribution >= 0.6 is 0 Å². The van der Waals surface area contributed by atoms with Crippen LogP contribution in [0.25, 0.3) is 10.9 Å². The van der Waals surface area contributed by atoms with Gasteiger partial charge in [0.05, 0.1) is 0 Å². The summed E-state index contributed by atoms with van der Waals surface area (Å²) in [5.74, 6) is 0. The van der Waals surface area contributed by atoms with Crippen molar-refractivity contribution < 1.29 is 4.79 Å². The summed E-state index contributed by atoms with van der Waals surface area (Å²) in [7, 11) is 0. The van der Waals surface area contributed by atoms with Crippen LogP contribution in [0.3, 0.4) is 0 Å². The Kier molecular flexibility index (Phi) is 3.87. The molecule has 2 aromatic carbocycles. The number of amides is 2. The lowest BCUT2D eigenvalue weighted by molar-refractivity contribution is 0.240. The van der Waals surface area contributed by atoms with E-state index in [9.17, 15) is 4.79 Å². The maximum Gasteiger partial charge on any atom is 0.315 e. The van der Waals surface area contributed by atoms with Crippen LogP contribution in [0.4, 0.5) is 4.79 Å². The number of fused-ring (bicyclic) bond motifs is 1. The van der Waals surface area contributed by atoms with Crippen LogP contribution in [0, 0.1) is 0 Å². The minimum absolute atomic E-state index is 0.163. The maximum atomic E-state index is 11.8. The Morgan fingerprint density at radius 2 is 1.62 bits per heavy atom. The second-order valence-corrected chi connectivity index (χ2v) is 4.88. The standard InChI is InChI=1S/C17H17N3O/c21-17(19-10-13-6-2-1-3-7-13)20-12-14-11-18-16-9-5-4-8-15(14)16/h1-9,11,18H,10,12H2,(H2,19,20,21). The fourth-order valence-corrected chi connectivity index (χ4v) is 2.29. The second kappa shape index (κ2) is 6.13. The van der Waals surface area contributed by atoms with Crippen molar-refractivity contribution in [2.75, 3.05) is 0 Å². The first-order valence-corrected chi connectivity index (χ1v) is 6.93. The van der Waals surface area contributed by atoms with Crippen molar-refractivity contribution in [1.82, 2.24) is 15.6 Å². The molecule has 0 spiro atoms. The van der Waals surface area contributed by atoms with E-state index in [0.29, 0.717) is 13.1 Å². The Labute approximate surface area is 123 Å². The van der Waals surface area contributed by atoms with Crippen LogP contribution in [-0.2, 0) is 13.1 Å². The number of urea groups is 1. The summed E-state index contributed by atoms with van der Waals surface area (Å²) >= 11 is 0. The number of H-pyrrole nitrogens is 1. The molecule has 3 N–H and O–H groups in total. The van der Waals surface area contributed by atoms with Crippen LogP contribution < -0.4 is 10.6 Å². The van der Waals surface area contributed by atoms with Crippen molar-refractivity contribution in [3.63, 3.8) is 0 Å². The van der Waals surface area contributed by atoms with E-state index in [1.807, 2.05) is 60.8 Å². The predicted octanol–water partition coefficient (Wildman–Crippen LogP) is 3.17. The van der Waals surface area contributed by atoms with Gasteiger partial charge in [0.1, 0.15) is 0 Å². The molecule has 0 fully saturated rings. The lowest BCUT2D eigenvalue weighted by atomic mass is 10.2. The van der Waals surface area contributed by atoms with Crippen molar-refractivity contribution in [3.8, 4) is 0 Å². The van der Waals surface area contributed by atoms with E-state index in [2.05, 4.69) is 15.6 Å². The van der Waals surface area contributed by atoms with Gasteiger partial charge in [0.2, 0.25) is 0 Å². The van der Waals surface area contributed by atoms with E-state index < -0.39 is 0 Å². The molecule has 1 aromatic heterocycles. The molecule has 0 aliphatic rings. The lowest BCUT2D eigenvalue weighted by Crippen LogP contribution is -2.34. The smallest absolute Gasteiger partial charge is 0.315 e. The van der Waals surface area contributed by atoms with E-state index in [0.717, 1.165) is 22.0 Å². The molecule has 4 nitrogen and oxygen atoms in total. The summed E-state index contributed by atoms with van der Waals surface area (Å²) in [4.78, 5) is 15.0. The fraction of sp³-hybridized carbons (Fsp3) is 0.118. The third kappa shape index (κ3) is 3.23. The van der Waals surface area contributed by atoms with E-state index >= 15 is 0 Å². The molecule has 2 amide bonds. The highest BCUT2D eigenvalue weighted by molar-refractivity contribution is 5.83. The number of aromatic nitrogens is 1. The van der Waals surface area contributed by atoms with Gasteiger partial charge >= 0.3 is 6.03 Å². The zero-order chi connectivity index (χ0) is 14.5. The quantitative estimate of drug-likeness (QED) is 0.675. The number of aromatic amines is 1. The van der Waals surface area contributed by atoms with Gasteiger partial charge in [-0.15, -0.1) is 0 Å². The van der Waals surface area contributed by atoms with Crippen molar-refractivity contribution >= 4 is 16.9 Å². The highest BCUT2D eigenvalue weighted by atomic mass is 16.2. The van der Waals surface area contributed by atoms with Crippen molar-refractivity contribution in [2.45, 2.75) is 13.1 Å². The number of carbonyl (C=O) groups is 1. The molecule has 4 heteroatoms. The van der Waals surface area contributed by atoms with Crippen LogP contribution in [0.15, 0.2) is 60.8 Å². The van der Waals surface area contributed by atoms with Gasteiger partial charge in [-0.25, -0.2) is 4.79 Å². The van der Waals surface area contributed by atoms with E-state index in [1.54, 1.807) is 0 Å². The minimum atomic E-state index is -0.163. The molecule has 106 valence electrons. The SMILES string of the molecule is O=C(NCc1ccccc1)NCc1c[nH]c2ccccc12. The molecule has 21 heavy (non-hydrogen) atoms. The molecule has 1 heterocycles. The van der Waals surface area contributed by atoms with Crippen molar-refractivity contribution in [1.29, 1.82) is 0 Å². The molecule has 0 radical (unpaired) electrons. The van der Waals surface area contributed by atoms with Gasteiger partial charge in [0.25, 0.3) is 0 Å². The van der Waals surface area contributed by atoms with E-state index in [4.69, 9.17) is 0 Å². The number of nitrogens with one attached hydrogen (secondary N) is 3. The Balaban J connectivity index is 1.54. The number of hydrogen-bond acceptors (Lipinski definition) is 1. The Bertz CT molecular complexity index is 734. The van der Waals surface area contributed by atoms with Gasteiger partial charge in [-0.2, -0.15) is 0 Å². The summed E-state index contributed by atoms with van der Waals surface area (Å²) in [6, 6.07) is 17.7. The van der Waals surface area contributed by atoms with Crippen molar-refractivity contribution in [2.24, 2.45) is 0 Å². The van der Waals surface area contributed by atoms with E-state index in [-0.39, 0.29) is 6.03 Å². The summed E-state index contributed by atoms with van der Waals surface area (Å²) < 4.78 is 0. The van der Waals surface area contributed by atoms with Gasteiger partial charge in [0.15, 0.2) is 0 Å². The van der Waals surface area contributed by atoms with Crippen LogP contribution in [0.1, 0.15) is 11.1 Å². The highest BCUT2D eigenvalue weighted by Gasteiger charge is 2.05. The van der Waals surface area contributed by atoms with Gasteiger partial charge < -0.3 is 15.6 Å². The molecule has 0 saturated heterocycles. The monoisotopic (exact) mass is 279 g/mol. The van der Waals surface area contributed by atoms with Crippen LogP contribution in [0.2, 0.25) is 0 Å². The van der Waals surface area contributed by atoms with Gasteiger partial charge in [0, 0.05) is 30.2 Å². The summed E-state index contributed by atoms with van der Waals surface area (Å²) in [6.07, 6.45) is 1.93. The maximum absolute atomic E-state index is 11.8. The number of carbonyl (C=O) groups excluding carboxylic acids is 1. The van der Waals surface area contributed by atoms with Gasteiger partial charge in [-0.3, -0.25) is 0 Å². The normalized spacial score (nSPS) is 10.5. The highest BCUT2D eigenvalue weighted by Crippen LogP contribution is 2.17. The average molecular weight is 279 g/mol. The molecular weight excluding hydrogens is 262 g/mol.